The molecule has 31 aromatic rings. The molecule has 0 saturated heterocycles. The largest absolute Gasteiger partial charge is 0.292 e. The monoisotopic (exact) mass is 1860 g/mol. The zero-order valence-corrected chi connectivity index (χ0v) is 78.6. The van der Waals surface area contributed by atoms with Crippen molar-refractivity contribution < 1.29 is 0 Å². The Hall–Kier alpha value is -20.0. The molecule has 11 aromatic heterocycles. The maximum atomic E-state index is 7.27. The fourth-order valence-electron chi connectivity index (χ4n) is 22.2. The van der Waals surface area contributed by atoms with Crippen molar-refractivity contribution in [3.8, 4) is 101 Å². The van der Waals surface area contributed by atoms with Crippen molar-refractivity contribution in [1.82, 2.24) is 52.5 Å². The lowest BCUT2D eigenvalue weighted by Gasteiger charge is -2.14. The van der Waals surface area contributed by atoms with Gasteiger partial charge in [0, 0.05) is 70.7 Å². The van der Waals surface area contributed by atoms with E-state index in [1.54, 1.807) is 0 Å². The first-order valence-corrected chi connectivity index (χ1v) is 49.2. The topological polar surface area (TPSA) is 112 Å². The second-order valence-electron chi connectivity index (χ2n) is 37.7. The van der Waals surface area contributed by atoms with Gasteiger partial charge < -0.3 is 0 Å². The summed E-state index contributed by atoms with van der Waals surface area (Å²) < 4.78 is 9.22. The molecular weight excluding hydrogens is 1780 g/mol. The van der Waals surface area contributed by atoms with Gasteiger partial charge in [-0.1, -0.05) is 291 Å². The van der Waals surface area contributed by atoms with Crippen molar-refractivity contribution in [1.29, 1.82) is 0 Å². The van der Waals surface area contributed by atoms with E-state index in [9.17, 15) is 0 Å². The Morgan fingerprint density at radius 1 is 0.144 bits per heavy atom. The van der Waals surface area contributed by atoms with Crippen LogP contribution in [0.1, 0.15) is 0 Å². The first kappa shape index (κ1) is 83.0. The van der Waals surface area contributed by atoms with Crippen LogP contribution in [-0.4, -0.2) is 52.5 Å². The minimum atomic E-state index is 0.623. The minimum absolute atomic E-state index is 0.623. The summed E-state index contributed by atoms with van der Waals surface area (Å²) >= 11 is 0. The van der Waals surface area contributed by atoms with Crippen LogP contribution in [0, 0.1) is 6.57 Å². The predicted octanol–water partition coefficient (Wildman–Crippen LogP) is 34.7. The van der Waals surface area contributed by atoms with Crippen LogP contribution in [0.4, 0.5) is 5.69 Å². The third-order valence-electron chi connectivity index (χ3n) is 29.3. The number of aromatic nitrogens is 11. The SMILES string of the molecule is [C-]#[N+]c1ccc(-c2cccc(-c3ccc4c(c3)c3cc(-c5ccc6ccccc6c5)ccc3c3nc5ccccc5n43)n2)cc1.c1ccc(-c2ccc3c(c2)c2cc(-c4cccc(-c5ccc6c(c5)c5cc(-c7ccccc7)ccc5c5nc7ccccc7n65)n4)ccc2n2c4ccccc4nc32)cc1.c1ccc2cc(-c3ccc4c(c3)c3cc(-c5ccc6ccccc6n5)ccc3n3c5ccccc5nc43)ccc2c1. The quantitative estimate of drug-likeness (QED) is 0.104. The van der Waals surface area contributed by atoms with Crippen LogP contribution in [0.15, 0.2) is 485 Å². The molecule has 0 N–H and O–H groups in total. The fourth-order valence-corrected chi connectivity index (χ4v) is 22.2. The van der Waals surface area contributed by atoms with E-state index in [4.69, 9.17) is 41.5 Å². The molecule has 31 rings (SSSR count). The molecule has 0 amide bonds. The summed E-state index contributed by atoms with van der Waals surface area (Å²) in [6.45, 7) is 7.27. The number of para-hydroxylation sites is 9. The summed E-state index contributed by atoms with van der Waals surface area (Å²) in [4.78, 5) is 39.5. The van der Waals surface area contributed by atoms with E-state index in [-0.39, 0.29) is 0 Å². The van der Waals surface area contributed by atoms with Gasteiger partial charge in [0.2, 0.25) is 0 Å². The maximum absolute atomic E-state index is 7.27. The minimum Gasteiger partial charge on any atom is -0.292 e. The third kappa shape index (κ3) is 13.9. The number of nitrogens with zero attached hydrogens (tertiary/aromatic N) is 12. The molecule has 0 aliphatic heterocycles. The summed E-state index contributed by atoms with van der Waals surface area (Å²) in [7, 11) is 0. The van der Waals surface area contributed by atoms with Gasteiger partial charge in [-0.15, -0.1) is 0 Å². The van der Waals surface area contributed by atoms with Gasteiger partial charge in [0.15, 0.2) is 5.69 Å². The van der Waals surface area contributed by atoms with Crippen molar-refractivity contribution >= 4 is 192 Å². The molecule has 12 heteroatoms. The molecular formula is C134H80N12. The van der Waals surface area contributed by atoms with E-state index in [1.807, 2.05) is 48.5 Å². The summed E-state index contributed by atoms with van der Waals surface area (Å²) in [5.41, 5.74) is 37.7. The average molecular weight is 1860 g/mol. The zero-order valence-electron chi connectivity index (χ0n) is 78.6. The molecule has 12 nitrogen and oxygen atoms in total. The van der Waals surface area contributed by atoms with Crippen molar-refractivity contribution in [2.45, 2.75) is 0 Å². The summed E-state index contributed by atoms with van der Waals surface area (Å²) in [5.74, 6) is 0. The number of hydrogen-bond acceptors (Lipinski definition) is 7. The Labute approximate surface area is 835 Å². The Morgan fingerprint density at radius 3 is 0.760 bits per heavy atom. The van der Waals surface area contributed by atoms with Crippen molar-refractivity contribution in [3.63, 3.8) is 0 Å². The van der Waals surface area contributed by atoms with E-state index in [1.165, 1.54) is 87.6 Å². The zero-order chi connectivity index (χ0) is 96.1. The van der Waals surface area contributed by atoms with Crippen molar-refractivity contribution in [2.24, 2.45) is 0 Å². The molecule has 676 valence electrons. The van der Waals surface area contributed by atoms with Crippen molar-refractivity contribution in [3.05, 3.63) is 497 Å². The van der Waals surface area contributed by atoms with E-state index >= 15 is 0 Å². The first-order chi connectivity index (χ1) is 72.3. The van der Waals surface area contributed by atoms with Gasteiger partial charge in [-0.3, -0.25) is 17.6 Å². The lowest BCUT2D eigenvalue weighted by atomic mass is 9.96. The van der Waals surface area contributed by atoms with Crippen LogP contribution in [-0.2, 0) is 0 Å². The fraction of sp³-hybridized carbons (Fsp3) is 0. The predicted molar refractivity (Wildman–Crippen MR) is 605 cm³/mol. The molecule has 0 radical (unpaired) electrons. The van der Waals surface area contributed by atoms with Crippen LogP contribution < -0.4 is 0 Å². The number of hydrogen-bond donors (Lipinski definition) is 0. The number of benzene rings is 20. The smallest absolute Gasteiger partial charge is 0.187 e. The third-order valence-corrected chi connectivity index (χ3v) is 29.3. The highest BCUT2D eigenvalue weighted by Gasteiger charge is 2.24. The summed E-state index contributed by atoms with van der Waals surface area (Å²) in [6.07, 6.45) is 0. The lowest BCUT2D eigenvalue weighted by molar-refractivity contribution is 1.30. The first-order valence-electron chi connectivity index (χ1n) is 49.2. The molecule has 0 aliphatic carbocycles. The number of fused-ring (bicyclic) bond motifs is 35. The standard InChI is InChI=1S/C55H33N5.C41H24N4.C38H23N3/c1-3-12-34(13-4-1)36-22-26-40-42(30-36)44-32-38(24-28-50(44)59-52-20-9-7-16-48(52)57-54(40)59)46-18-11-19-47(56-46)39-25-29-51-45(33-39)43-31-37(35-14-5-2-6-15-35)23-27-41(43)55-58-49-17-8-10-21-53(49)60(51)55;1-42-32-19-15-27(16-20-32)36-10-6-11-37(43-36)31-18-22-39-35(25-31)34-24-30(29-14-13-26-7-2-3-8-28(26)23-29)17-21-33(34)41-44-38-9-4-5-12-40(38)45(39)41;1-2-9-26-21-27(14-13-24(26)7-1)28-15-18-30-31(22-28)32-23-29(34-19-16-25-8-3-4-10-33(25)39-34)17-20-36(32)41-37-12-6-5-11-35(37)40-38(30)41/h1-33H;2-25H;1-23H. The molecule has 146 heavy (non-hydrogen) atoms. The van der Waals surface area contributed by atoms with E-state index < -0.39 is 0 Å². The maximum Gasteiger partial charge on any atom is 0.187 e. The van der Waals surface area contributed by atoms with Crippen LogP contribution >= 0.6 is 0 Å². The number of pyridine rings is 7. The molecule has 11 heterocycles. The van der Waals surface area contributed by atoms with Gasteiger partial charge in [0.25, 0.3) is 0 Å². The second kappa shape index (κ2) is 33.6. The normalized spacial score (nSPS) is 11.8. The Morgan fingerprint density at radius 2 is 0.404 bits per heavy atom. The Kier molecular flexibility index (Phi) is 19.1. The van der Waals surface area contributed by atoms with Gasteiger partial charge >= 0.3 is 0 Å². The van der Waals surface area contributed by atoms with E-state index in [0.717, 1.165) is 199 Å². The van der Waals surface area contributed by atoms with Gasteiger partial charge in [0.05, 0.1) is 107 Å². The highest BCUT2D eigenvalue weighted by atomic mass is 15.0. The average Bonchev–Trinajstić information content (AvgIpc) is 1.53. The van der Waals surface area contributed by atoms with Gasteiger partial charge in [-0.2, -0.15) is 0 Å². The lowest BCUT2D eigenvalue weighted by Crippen LogP contribution is -1.95. The Balaban J connectivity index is 0.000000106. The molecule has 0 unspecified atom stereocenters. The second-order valence-corrected chi connectivity index (χ2v) is 37.7. The number of rotatable bonds is 9. The Bertz CT molecular complexity index is 10700. The van der Waals surface area contributed by atoms with E-state index in [0.29, 0.717) is 5.69 Å². The van der Waals surface area contributed by atoms with Gasteiger partial charge in [-0.25, -0.2) is 39.7 Å². The van der Waals surface area contributed by atoms with Crippen LogP contribution in [0.25, 0.3) is 292 Å². The van der Waals surface area contributed by atoms with Gasteiger partial charge in [-0.05, 0) is 287 Å². The van der Waals surface area contributed by atoms with Crippen LogP contribution in [0.3, 0.4) is 0 Å². The van der Waals surface area contributed by atoms with Crippen LogP contribution in [0.2, 0.25) is 0 Å². The summed E-state index contributed by atoms with van der Waals surface area (Å²) in [5, 5.41) is 19.9. The molecule has 0 bridgehead atoms. The van der Waals surface area contributed by atoms with Crippen molar-refractivity contribution in [2.75, 3.05) is 0 Å². The molecule has 20 aromatic carbocycles. The summed E-state index contributed by atoms with van der Waals surface area (Å²) in [6, 6.07) is 172. The molecule has 0 aliphatic rings. The van der Waals surface area contributed by atoms with Crippen LogP contribution in [0.5, 0.6) is 0 Å². The molecule has 0 atom stereocenters. The molecule has 0 spiro atoms. The highest BCUT2D eigenvalue weighted by Crippen LogP contribution is 2.45. The highest BCUT2D eigenvalue weighted by molar-refractivity contribution is 6.21. The molecule has 0 fully saturated rings. The molecule has 0 saturated carbocycles. The van der Waals surface area contributed by atoms with Gasteiger partial charge in [0.1, 0.15) is 22.6 Å². The number of imidazole rings is 4. The van der Waals surface area contributed by atoms with E-state index in [2.05, 4.69) is 459 Å².